The summed E-state index contributed by atoms with van der Waals surface area (Å²) in [4.78, 5) is 12.5. The predicted octanol–water partition coefficient (Wildman–Crippen LogP) is 4.12. The predicted molar refractivity (Wildman–Crippen MR) is 125 cm³/mol. The van der Waals surface area contributed by atoms with Crippen LogP contribution in [-0.4, -0.2) is 34.6 Å². The first-order valence-corrected chi connectivity index (χ1v) is 10.9. The van der Waals surface area contributed by atoms with Crippen LogP contribution in [0.25, 0.3) is 0 Å². The molecule has 0 fully saturated rings. The summed E-state index contributed by atoms with van der Waals surface area (Å²) in [5, 5.41) is 24.6. The van der Waals surface area contributed by atoms with Gasteiger partial charge in [-0.15, -0.1) is 0 Å². The van der Waals surface area contributed by atoms with Crippen LogP contribution in [0.4, 0.5) is 4.79 Å². The van der Waals surface area contributed by atoms with Gasteiger partial charge in [0.2, 0.25) is 0 Å². The fourth-order valence-electron chi connectivity index (χ4n) is 3.72. The molecule has 3 aromatic rings. The lowest BCUT2D eigenvalue weighted by Crippen LogP contribution is -2.51. The average molecular weight is 434 g/mol. The number of rotatable bonds is 10. The molecule has 0 saturated carbocycles. The van der Waals surface area contributed by atoms with Crippen molar-refractivity contribution in [1.29, 1.82) is 0 Å². The maximum absolute atomic E-state index is 12.5. The van der Waals surface area contributed by atoms with E-state index in [0.717, 1.165) is 16.7 Å². The third-order valence-corrected chi connectivity index (χ3v) is 5.56. The standard InChI is InChI=1S/C27H31NO4/c1-20(17-21-11-5-2-6-12-21)25(29)26(30)24(18-22-13-7-3-8-14-22)28-27(31)32-19-23-15-9-4-10-16-23/h2-16,20,24-26,29-30H,17-19H2,1H3,(H,28,31)/t20-,24-,25+,26+/m1/s1. The van der Waals surface area contributed by atoms with Gasteiger partial charge >= 0.3 is 6.09 Å². The molecule has 32 heavy (non-hydrogen) atoms. The minimum atomic E-state index is -1.15. The van der Waals surface area contributed by atoms with Crippen molar-refractivity contribution in [3.05, 3.63) is 108 Å². The molecule has 0 radical (unpaired) electrons. The number of hydrogen-bond acceptors (Lipinski definition) is 4. The lowest BCUT2D eigenvalue weighted by molar-refractivity contribution is -0.0317. The van der Waals surface area contributed by atoms with E-state index < -0.39 is 24.3 Å². The zero-order chi connectivity index (χ0) is 22.8. The number of nitrogens with one attached hydrogen (secondary N) is 1. The molecule has 4 atom stereocenters. The molecule has 3 rings (SSSR count). The van der Waals surface area contributed by atoms with Crippen molar-refractivity contribution >= 4 is 6.09 Å². The van der Waals surface area contributed by atoms with E-state index >= 15 is 0 Å². The van der Waals surface area contributed by atoms with Crippen molar-refractivity contribution < 1.29 is 19.7 Å². The highest BCUT2D eigenvalue weighted by molar-refractivity contribution is 5.67. The van der Waals surface area contributed by atoms with Crippen molar-refractivity contribution in [2.75, 3.05) is 0 Å². The Bertz CT molecular complexity index is 934. The Morgan fingerprint density at radius 1 is 0.750 bits per heavy atom. The lowest BCUT2D eigenvalue weighted by atomic mass is 9.88. The molecule has 0 spiro atoms. The van der Waals surface area contributed by atoms with E-state index in [1.165, 1.54) is 0 Å². The minimum absolute atomic E-state index is 0.133. The van der Waals surface area contributed by atoms with Gasteiger partial charge in [0.1, 0.15) is 12.7 Å². The Morgan fingerprint density at radius 2 is 1.22 bits per heavy atom. The molecule has 0 saturated heterocycles. The number of aliphatic hydroxyl groups excluding tert-OH is 2. The number of aliphatic hydroxyl groups is 2. The van der Waals surface area contributed by atoms with Gasteiger partial charge in [-0.2, -0.15) is 0 Å². The molecule has 0 bridgehead atoms. The molecule has 1 amide bonds. The Balaban J connectivity index is 1.65. The van der Waals surface area contributed by atoms with Crippen molar-refractivity contribution in [3.8, 4) is 0 Å². The number of benzene rings is 3. The zero-order valence-electron chi connectivity index (χ0n) is 18.3. The van der Waals surface area contributed by atoms with Crippen molar-refractivity contribution in [2.45, 2.75) is 44.6 Å². The van der Waals surface area contributed by atoms with Gasteiger partial charge < -0.3 is 20.3 Å². The van der Waals surface area contributed by atoms with Gasteiger partial charge in [-0.3, -0.25) is 0 Å². The number of amides is 1. The van der Waals surface area contributed by atoms with Crippen LogP contribution in [0.2, 0.25) is 0 Å². The summed E-state index contributed by atoms with van der Waals surface area (Å²) in [6.45, 7) is 2.03. The zero-order valence-corrected chi connectivity index (χ0v) is 18.3. The SMILES string of the molecule is C[C@H](Cc1ccccc1)[C@H](O)[C@@H](O)[C@@H](Cc1ccccc1)NC(=O)OCc1ccccc1. The lowest BCUT2D eigenvalue weighted by Gasteiger charge is -2.31. The van der Waals surface area contributed by atoms with E-state index in [-0.39, 0.29) is 12.5 Å². The van der Waals surface area contributed by atoms with Gasteiger partial charge in [0.15, 0.2) is 0 Å². The molecular weight excluding hydrogens is 402 g/mol. The summed E-state index contributed by atoms with van der Waals surface area (Å²) in [6, 6.07) is 28.1. The second-order valence-electron chi connectivity index (χ2n) is 8.15. The fourth-order valence-corrected chi connectivity index (χ4v) is 3.72. The molecular formula is C27H31NO4. The van der Waals surface area contributed by atoms with Crippen LogP contribution in [0.5, 0.6) is 0 Å². The van der Waals surface area contributed by atoms with E-state index in [9.17, 15) is 15.0 Å². The molecule has 5 nitrogen and oxygen atoms in total. The van der Waals surface area contributed by atoms with Crippen molar-refractivity contribution in [3.63, 3.8) is 0 Å². The van der Waals surface area contributed by atoms with Crippen LogP contribution < -0.4 is 5.32 Å². The Kier molecular flexibility index (Phi) is 8.84. The molecule has 3 aromatic carbocycles. The normalized spacial score (nSPS) is 14.7. The third-order valence-electron chi connectivity index (χ3n) is 5.56. The minimum Gasteiger partial charge on any atom is -0.445 e. The van der Waals surface area contributed by atoms with Crippen LogP contribution in [0.1, 0.15) is 23.6 Å². The van der Waals surface area contributed by atoms with Crippen LogP contribution in [0.3, 0.4) is 0 Å². The van der Waals surface area contributed by atoms with Gasteiger partial charge in [0, 0.05) is 0 Å². The van der Waals surface area contributed by atoms with Crippen molar-refractivity contribution in [2.24, 2.45) is 5.92 Å². The van der Waals surface area contributed by atoms with Gasteiger partial charge in [-0.25, -0.2) is 4.79 Å². The Hall–Kier alpha value is -3.15. The topological polar surface area (TPSA) is 78.8 Å². The number of carbonyl (C=O) groups excluding carboxylic acids is 1. The molecule has 0 aromatic heterocycles. The highest BCUT2D eigenvalue weighted by Crippen LogP contribution is 2.18. The van der Waals surface area contributed by atoms with E-state index in [4.69, 9.17) is 4.74 Å². The largest absolute Gasteiger partial charge is 0.445 e. The Morgan fingerprint density at radius 3 is 1.75 bits per heavy atom. The number of hydrogen-bond donors (Lipinski definition) is 3. The molecule has 0 unspecified atom stereocenters. The van der Waals surface area contributed by atoms with E-state index in [1.54, 1.807) is 0 Å². The first kappa shape index (κ1) is 23.5. The smallest absolute Gasteiger partial charge is 0.407 e. The average Bonchev–Trinajstić information content (AvgIpc) is 2.83. The Labute approximate surface area is 189 Å². The first-order valence-electron chi connectivity index (χ1n) is 10.9. The second kappa shape index (κ2) is 12.0. The monoisotopic (exact) mass is 433 g/mol. The number of alkyl carbamates (subject to hydrolysis) is 1. The molecule has 5 heteroatoms. The molecule has 168 valence electrons. The summed E-state index contributed by atoms with van der Waals surface area (Å²) in [5.74, 6) is -0.201. The van der Waals surface area contributed by atoms with E-state index in [1.807, 2.05) is 97.9 Å². The van der Waals surface area contributed by atoms with Crippen LogP contribution in [-0.2, 0) is 24.2 Å². The summed E-state index contributed by atoms with van der Waals surface area (Å²) in [6.07, 6.45) is -1.80. The second-order valence-corrected chi connectivity index (χ2v) is 8.15. The number of carbonyl (C=O) groups is 1. The van der Waals surface area contributed by atoms with Crippen molar-refractivity contribution in [1.82, 2.24) is 5.32 Å². The summed E-state index contributed by atoms with van der Waals surface area (Å²) < 4.78 is 5.34. The van der Waals surface area contributed by atoms with Gasteiger partial charge in [0.25, 0.3) is 0 Å². The highest BCUT2D eigenvalue weighted by Gasteiger charge is 2.31. The number of ether oxygens (including phenoxy) is 1. The fraction of sp³-hybridized carbons (Fsp3) is 0.296. The maximum Gasteiger partial charge on any atom is 0.407 e. The van der Waals surface area contributed by atoms with Gasteiger partial charge in [0.05, 0.1) is 12.1 Å². The third kappa shape index (κ3) is 7.22. The van der Waals surface area contributed by atoms with Crippen LogP contribution in [0.15, 0.2) is 91.0 Å². The maximum atomic E-state index is 12.5. The molecule has 0 aliphatic rings. The first-order chi connectivity index (χ1) is 15.5. The quantitative estimate of drug-likeness (QED) is 0.449. The van der Waals surface area contributed by atoms with E-state index in [2.05, 4.69) is 5.32 Å². The van der Waals surface area contributed by atoms with Crippen LogP contribution >= 0.6 is 0 Å². The van der Waals surface area contributed by atoms with Gasteiger partial charge in [-0.1, -0.05) is 97.9 Å². The summed E-state index contributed by atoms with van der Waals surface area (Å²) in [5.41, 5.74) is 2.91. The summed E-state index contributed by atoms with van der Waals surface area (Å²) in [7, 11) is 0. The van der Waals surface area contributed by atoms with Gasteiger partial charge in [-0.05, 0) is 35.4 Å². The molecule has 0 aliphatic heterocycles. The van der Waals surface area contributed by atoms with E-state index in [0.29, 0.717) is 12.8 Å². The highest BCUT2D eigenvalue weighted by atomic mass is 16.5. The molecule has 0 aliphatic carbocycles. The molecule has 3 N–H and O–H groups in total. The molecule has 0 heterocycles. The summed E-state index contributed by atoms with van der Waals surface area (Å²) >= 11 is 0. The van der Waals surface area contributed by atoms with Crippen LogP contribution in [0, 0.1) is 5.92 Å².